The molecule has 0 saturated carbocycles. The van der Waals surface area contributed by atoms with Crippen molar-refractivity contribution in [3.05, 3.63) is 29.3 Å². The lowest BCUT2D eigenvalue weighted by Gasteiger charge is -2.04. The lowest BCUT2D eigenvalue weighted by atomic mass is 10.0. The molecule has 1 heteroatoms. The van der Waals surface area contributed by atoms with Gasteiger partial charge in [-0.2, -0.15) is 0 Å². The monoisotopic (exact) mass is 176 g/mol. The van der Waals surface area contributed by atoms with Gasteiger partial charge in [-0.1, -0.05) is 13.0 Å². The molecule has 70 valence electrons. The first kappa shape index (κ1) is 8.61. The number of phenols is 1. The summed E-state index contributed by atoms with van der Waals surface area (Å²) in [5, 5.41) is 9.35. The van der Waals surface area contributed by atoms with Crippen molar-refractivity contribution in [2.45, 2.75) is 32.6 Å². The maximum Gasteiger partial charge on any atom is 0.115 e. The van der Waals surface area contributed by atoms with Gasteiger partial charge in [0.15, 0.2) is 0 Å². The van der Waals surface area contributed by atoms with Gasteiger partial charge in [0.2, 0.25) is 0 Å². The van der Waals surface area contributed by atoms with Crippen LogP contribution in [-0.4, -0.2) is 5.11 Å². The van der Waals surface area contributed by atoms with Crippen LogP contribution >= 0.6 is 0 Å². The molecule has 0 fully saturated rings. The van der Waals surface area contributed by atoms with Gasteiger partial charge in [0.05, 0.1) is 0 Å². The Labute approximate surface area is 79.4 Å². The molecule has 1 aromatic carbocycles. The summed E-state index contributed by atoms with van der Waals surface area (Å²) in [6, 6.07) is 5.80. The molecule has 1 N–H and O–H groups in total. The predicted octanol–water partition coefficient (Wildman–Crippen LogP) is 2.91. The van der Waals surface area contributed by atoms with Crippen molar-refractivity contribution in [3.63, 3.8) is 0 Å². The van der Waals surface area contributed by atoms with Gasteiger partial charge in [-0.05, 0) is 54.9 Å². The summed E-state index contributed by atoms with van der Waals surface area (Å²) in [6.07, 6.45) is 4.86. The molecule has 0 unspecified atom stereocenters. The van der Waals surface area contributed by atoms with E-state index in [0.717, 1.165) is 12.3 Å². The van der Waals surface area contributed by atoms with E-state index in [1.807, 2.05) is 6.07 Å². The smallest absolute Gasteiger partial charge is 0.115 e. The summed E-state index contributed by atoms with van der Waals surface area (Å²) in [5.74, 6) is 1.24. The Morgan fingerprint density at radius 3 is 2.62 bits per heavy atom. The maximum atomic E-state index is 9.35. The lowest BCUT2D eigenvalue weighted by Crippen LogP contribution is -1.92. The fourth-order valence-corrected chi connectivity index (χ4v) is 2.04. The maximum absolute atomic E-state index is 9.35. The normalized spacial score (nSPS) is 22.1. The first-order valence-electron chi connectivity index (χ1n) is 5.06. The fourth-order valence-electron chi connectivity index (χ4n) is 2.04. The molecule has 0 saturated heterocycles. The molecule has 2 rings (SSSR count). The molecule has 0 aromatic heterocycles. The van der Waals surface area contributed by atoms with Crippen LogP contribution in [-0.2, 0) is 12.8 Å². The molecule has 0 radical (unpaired) electrons. The van der Waals surface area contributed by atoms with E-state index in [1.54, 1.807) is 6.07 Å². The van der Waals surface area contributed by atoms with Crippen molar-refractivity contribution >= 4 is 0 Å². The second kappa shape index (κ2) is 3.41. The number of phenolic OH excluding ortho intramolecular Hbond substituents is 1. The average molecular weight is 176 g/mol. The Bertz CT molecular complexity index is 304. The summed E-state index contributed by atoms with van der Waals surface area (Å²) in [6.45, 7) is 2.31. The SMILES string of the molecule is C[C@H]1CCc2ccc(O)cc2CC1. The zero-order valence-corrected chi connectivity index (χ0v) is 8.09. The van der Waals surface area contributed by atoms with Gasteiger partial charge in [0.1, 0.15) is 5.75 Å². The van der Waals surface area contributed by atoms with Crippen LogP contribution in [0.15, 0.2) is 18.2 Å². The number of aromatic hydroxyl groups is 1. The van der Waals surface area contributed by atoms with Crippen molar-refractivity contribution < 1.29 is 5.11 Å². The van der Waals surface area contributed by atoms with Crippen molar-refractivity contribution in [2.24, 2.45) is 5.92 Å². The van der Waals surface area contributed by atoms with Crippen LogP contribution < -0.4 is 0 Å². The molecule has 0 bridgehead atoms. The molecular weight excluding hydrogens is 160 g/mol. The highest BCUT2D eigenvalue weighted by atomic mass is 16.3. The first-order chi connectivity index (χ1) is 6.25. The van der Waals surface area contributed by atoms with Crippen LogP contribution in [0.25, 0.3) is 0 Å². The Kier molecular flexibility index (Phi) is 2.26. The minimum Gasteiger partial charge on any atom is -0.508 e. The van der Waals surface area contributed by atoms with Gasteiger partial charge < -0.3 is 5.11 Å². The second-order valence-electron chi connectivity index (χ2n) is 4.14. The van der Waals surface area contributed by atoms with Gasteiger partial charge in [-0.3, -0.25) is 0 Å². The number of hydrogen-bond donors (Lipinski definition) is 1. The van der Waals surface area contributed by atoms with Crippen LogP contribution in [0, 0.1) is 5.92 Å². The highest BCUT2D eigenvalue weighted by molar-refractivity contribution is 5.35. The standard InChI is InChI=1S/C12H16O/c1-9-2-4-10-6-7-12(13)8-11(10)5-3-9/h6-9,13H,2-5H2,1H3/t9-/m0/s1. The molecule has 0 amide bonds. The summed E-state index contributed by atoms with van der Waals surface area (Å²) >= 11 is 0. The number of hydrogen-bond acceptors (Lipinski definition) is 1. The molecule has 1 aliphatic carbocycles. The molecular formula is C12H16O. The van der Waals surface area contributed by atoms with Crippen molar-refractivity contribution in [1.29, 1.82) is 0 Å². The molecule has 1 nitrogen and oxygen atoms in total. The van der Waals surface area contributed by atoms with E-state index in [4.69, 9.17) is 0 Å². The molecule has 0 spiro atoms. The minimum atomic E-state index is 0.410. The van der Waals surface area contributed by atoms with E-state index < -0.39 is 0 Å². The van der Waals surface area contributed by atoms with E-state index in [9.17, 15) is 5.11 Å². The Morgan fingerprint density at radius 2 is 1.85 bits per heavy atom. The summed E-state index contributed by atoms with van der Waals surface area (Å²) in [5.41, 5.74) is 2.78. The molecule has 1 atom stereocenters. The highest BCUT2D eigenvalue weighted by Gasteiger charge is 2.12. The van der Waals surface area contributed by atoms with E-state index in [-0.39, 0.29) is 0 Å². The van der Waals surface area contributed by atoms with Crippen LogP contribution in [0.3, 0.4) is 0 Å². The van der Waals surface area contributed by atoms with Crippen LogP contribution in [0.1, 0.15) is 30.9 Å². The fraction of sp³-hybridized carbons (Fsp3) is 0.500. The Morgan fingerprint density at radius 1 is 1.15 bits per heavy atom. The van der Waals surface area contributed by atoms with E-state index in [1.165, 1.54) is 30.4 Å². The molecule has 1 aromatic rings. The van der Waals surface area contributed by atoms with Crippen molar-refractivity contribution in [1.82, 2.24) is 0 Å². The van der Waals surface area contributed by atoms with Gasteiger partial charge in [-0.15, -0.1) is 0 Å². The zero-order valence-electron chi connectivity index (χ0n) is 8.09. The van der Waals surface area contributed by atoms with Gasteiger partial charge in [0, 0.05) is 0 Å². The second-order valence-corrected chi connectivity index (χ2v) is 4.14. The van der Waals surface area contributed by atoms with E-state index in [2.05, 4.69) is 13.0 Å². The minimum absolute atomic E-state index is 0.410. The third kappa shape index (κ3) is 1.85. The third-order valence-corrected chi connectivity index (χ3v) is 3.00. The number of rotatable bonds is 0. The zero-order chi connectivity index (χ0) is 9.26. The summed E-state index contributed by atoms with van der Waals surface area (Å²) in [4.78, 5) is 0. The van der Waals surface area contributed by atoms with Gasteiger partial charge >= 0.3 is 0 Å². The first-order valence-corrected chi connectivity index (χ1v) is 5.06. The number of aryl methyl sites for hydroxylation is 2. The third-order valence-electron chi connectivity index (χ3n) is 3.00. The molecule has 1 aliphatic rings. The van der Waals surface area contributed by atoms with Gasteiger partial charge in [-0.25, -0.2) is 0 Å². The largest absolute Gasteiger partial charge is 0.508 e. The van der Waals surface area contributed by atoms with Crippen LogP contribution in [0.5, 0.6) is 5.75 Å². The van der Waals surface area contributed by atoms with E-state index >= 15 is 0 Å². The van der Waals surface area contributed by atoms with Crippen molar-refractivity contribution in [2.75, 3.05) is 0 Å². The highest BCUT2D eigenvalue weighted by Crippen LogP contribution is 2.26. The predicted molar refractivity (Wildman–Crippen MR) is 53.9 cm³/mol. The summed E-state index contributed by atoms with van der Waals surface area (Å²) in [7, 11) is 0. The Hall–Kier alpha value is -0.980. The summed E-state index contributed by atoms with van der Waals surface area (Å²) < 4.78 is 0. The topological polar surface area (TPSA) is 20.2 Å². The number of benzene rings is 1. The Balaban J connectivity index is 2.30. The molecule has 0 aliphatic heterocycles. The quantitative estimate of drug-likeness (QED) is 0.603. The average Bonchev–Trinajstić information content (AvgIpc) is 2.29. The number of fused-ring (bicyclic) bond motifs is 1. The van der Waals surface area contributed by atoms with Crippen LogP contribution in [0.2, 0.25) is 0 Å². The van der Waals surface area contributed by atoms with E-state index in [0.29, 0.717) is 5.75 Å². The molecule has 0 heterocycles. The lowest BCUT2D eigenvalue weighted by molar-refractivity contribution is 0.474. The molecule has 13 heavy (non-hydrogen) atoms. The van der Waals surface area contributed by atoms with Crippen LogP contribution in [0.4, 0.5) is 0 Å². The van der Waals surface area contributed by atoms with Crippen molar-refractivity contribution in [3.8, 4) is 5.75 Å². The van der Waals surface area contributed by atoms with Gasteiger partial charge in [0.25, 0.3) is 0 Å².